The summed E-state index contributed by atoms with van der Waals surface area (Å²) in [6.45, 7) is 2.58. The Bertz CT molecular complexity index is 1240. The van der Waals surface area contributed by atoms with Crippen LogP contribution in [0.3, 0.4) is 0 Å². The summed E-state index contributed by atoms with van der Waals surface area (Å²) >= 11 is 0. The molecule has 176 valence electrons. The molecule has 3 saturated carbocycles. The first-order valence-corrected chi connectivity index (χ1v) is 13.8. The lowest BCUT2D eigenvalue weighted by Gasteiger charge is -2.54. The van der Waals surface area contributed by atoms with Gasteiger partial charge in [0.15, 0.2) is 0 Å². The van der Waals surface area contributed by atoms with Crippen molar-refractivity contribution in [1.82, 2.24) is 10.3 Å². The second-order valence-electron chi connectivity index (χ2n) is 12.6. The van der Waals surface area contributed by atoms with Crippen molar-refractivity contribution in [2.24, 2.45) is 11.3 Å². The van der Waals surface area contributed by atoms with Crippen LogP contribution in [0.15, 0.2) is 60.0 Å². The summed E-state index contributed by atoms with van der Waals surface area (Å²) in [6, 6.07) is 10.7. The van der Waals surface area contributed by atoms with E-state index in [4.69, 9.17) is 4.74 Å². The van der Waals surface area contributed by atoms with Gasteiger partial charge in [0.05, 0.1) is 11.2 Å². The van der Waals surface area contributed by atoms with Crippen molar-refractivity contribution < 1.29 is 4.74 Å². The molecule has 34 heavy (non-hydrogen) atoms. The average molecular weight is 453 g/mol. The molecule has 2 aromatic rings. The van der Waals surface area contributed by atoms with Crippen LogP contribution in [0.25, 0.3) is 10.8 Å². The molecule has 1 aromatic heterocycles. The van der Waals surface area contributed by atoms with Crippen LogP contribution in [0.1, 0.15) is 82.6 Å². The molecule has 1 aromatic carbocycles. The number of nitrogens with one attached hydrogen (secondary N) is 1. The molecule has 1 saturated heterocycles. The van der Waals surface area contributed by atoms with Crippen molar-refractivity contribution >= 4 is 10.8 Å². The lowest BCUT2D eigenvalue weighted by atomic mass is 9.58. The molecule has 2 spiro atoms. The summed E-state index contributed by atoms with van der Waals surface area (Å²) in [4.78, 5) is 4.39. The minimum atomic E-state index is -0.0505. The van der Waals surface area contributed by atoms with Crippen molar-refractivity contribution in [3.8, 4) is 0 Å². The van der Waals surface area contributed by atoms with Gasteiger partial charge in [0.2, 0.25) is 0 Å². The number of rotatable bonds is 3. The first-order valence-electron chi connectivity index (χ1n) is 13.8. The second kappa shape index (κ2) is 6.83. The highest BCUT2D eigenvalue weighted by molar-refractivity contribution is 5.82. The van der Waals surface area contributed by atoms with Gasteiger partial charge in [-0.25, -0.2) is 0 Å². The molecule has 1 N–H and O–H groups in total. The Morgan fingerprint density at radius 3 is 2.85 bits per heavy atom. The smallest absolute Gasteiger partial charge is 0.0974 e. The highest BCUT2D eigenvalue weighted by Crippen LogP contribution is 2.69. The minimum Gasteiger partial charge on any atom is -0.359 e. The number of hydrogen-bond acceptors (Lipinski definition) is 3. The molecule has 0 amide bonds. The van der Waals surface area contributed by atoms with Crippen LogP contribution in [0.2, 0.25) is 0 Å². The van der Waals surface area contributed by atoms with E-state index in [9.17, 15) is 0 Å². The molecule has 3 heterocycles. The van der Waals surface area contributed by atoms with E-state index in [1.54, 1.807) is 5.57 Å². The molecule has 0 radical (unpaired) electrons. The lowest BCUT2D eigenvalue weighted by Crippen LogP contribution is -2.55. The fourth-order valence-corrected chi connectivity index (χ4v) is 9.00. The topological polar surface area (TPSA) is 34.1 Å². The zero-order valence-corrected chi connectivity index (χ0v) is 20.4. The predicted octanol–water partition coefficient (Wildman–Crippen LogP) is 6.60. The van der Waals surface area contributed by atoms with Gasteiger partial charge in [0.25, 0.3) is 0 Å². The Labute approximate surface area is 203 Å². The molecule has 3 nitrogen and oxygen atoms in total. The molecule has 3 unspecified atom stereocenters. The third kappa shape index (κ3) is 2.69. The molecular weight excluding hydrogens is 416 g/mol. The first-order chi connectivity index (χ1) is 16.6. The number of hydrogen-bond donors (Lipinski definition) is 1. The van der Waals surface area contributed by atoms with E-state index in [1.807, 2.05) is 12.4 Å². The third-order valence-corrected chi connectivity index (χ3v) is 10.8. The van der Waals surface area contributed by atoms with Crippen LogP contribution in [0, 0.1) is 11.3 Å². The van der Waals surface area contributed by atoms with E-state index in [1.165, 1.54) is 86.1 Å². The van der Waals surface area contributed by atoms with E-state index < -0.39 is 0 Å². The molecule has 4 fully saturated rings. The van der Waals surface area contributed by atoms with Crippen molar-refractivity contribution in [2.45, 2.75) is 100 Å². The quantitative estimate of drug-likeness (QED) is 0.570. The third-order valence-electron chi connectivity index (χ3n) is 10.8. The number of fused-ring (bicyclic) bond motifs is 2. The molecule has 6 atom stereocenters. The Morgan fingerprint density at radius 1 is 1.00 bits per heavy atom. The number of allylic oxidation sites excluding steroid dienone is 1. The number of benzene rings is 1. The molecule has 2 aliphatic heterocycles. The standard InChI is InChI=1S/C31H36N2O/c1-29-12-10-24-17-23-4-5-26(33-25-6-7-25)18-30(23)13-14-31(24,34-30)28(29)9-8-27(29)21-3-2-20-11-15-32-19-22(20)16-21/h2-3,10-11,15-17,19,25-28,33H,4-9,12-14,18H2,1H3/t26?,27?,28-,29?,30-,31-/m1/s1. The maximum atomic E-state index is 7.46. The van der Waals surface area contributed by atoms with Crippen LogP contribution < -0.4 is 5.32 Å². The van der Waals surface area contributed by atoms with Crippen LogP contribution in [-0.4, -0.2) is 28.3 Å². The lowest BCUT2D eigenvalue weighted by molar-refractivity contribution is -0.136. The molecule has 8 rings (SSSR count). The van der Waals surface area contributed by atoms with E-state index >= 15 is 0 Å². The van der Waals surface area contributed by atoms with Gasteiger partial charge in [-0.15, -0.1) is 0 Å². The summed E-state index contributed by atoms with van der Waals surface area (Å²) in [5.41, 5.74) is 4.87. The van der Waals surface area contributed by atoms with Crippen LogP contribution in [0.4, 0.5) is 0 Å². The van der Waals surface area contributed by atoms with Crippen LogP contribution in [-0.2, 0) is 4.74 Å². The van der Waals surface area contributed by atoms with Gasteiger partial charge in [-0.1, -0.05) is 31.2 Å². The fraction of sp³-hybridized carbons (Fsp3) is 0.581. The summed E-state index contributed by atoms with van der Waals surface area (Å²) in [5.74, 6) is 1.21. The molecule has 2 bridgehead atoms. The maximum absolute atomic E-state index is 7.46. The predicted molar refractivity (Wildman–Crippen MR) is 136 cm³/mol. The first kappa shape index (κ1) is 20.2. The van der Waals surface area contributed by atoms with E-state index in [0.29, 0.717) is 17.9 Å². The molecule has 6 aliphatic rings. The van der Waals surface area contributed by atoms with Gasteiger partial charge in [0.1, 0.15) is 0 Å². The van der Waals surface area contributed by atoms with Gasteiger partial charge >= 0.3 is 0 Å². The van der Waals surface area contributed by atoms with Crippen molar-refractivity contribution in [3.63, 3.8) is 0 Å². The van der Waals surface area contributed by atoms with E-state index in [0.717, 1.165) is 6.04 Å². The Hall–Kier alpha value is -1.97. The SMILES string of the molecule is CC12CC=C3C=C4CCC(NC5CC5)C[C@]45CC[C@]3(O5)[C@@H]1CCC2c1ccc2ccncc2c1. The monoisotopic (exact) mass is 452 g/mol. The normalized spacial score (nSPS) is 42.6. The van der Waals surface area contributed by atoms with Crippen molar-refractivity contribution in [1.29, 1.82) is 0 Å². The summed E-state index contributed by atoms with van der Waals surface area (Å²) in [5, 5.41) is 6.51. The highest BCUT2D eigenvalue weighted by atomic mass is 16.5. The van der Waals surface area contributed by atoms with E-state index in [2.05, 4.69) is 53.6 Å². The molecule has 3 heteroatoms. The molecular formula is C31H36N2O. The summed E-state index contributed by atoms with van der Waals surface area (Å²) in [6.07, 6.45) is 21.7. The van der Waals surface area contributed by atoms with Crippen LogP contribution in [0.5, 0.6) is 0 Å². The van der Waals surface area contributed by atoms with Gasteiger partial charge < -0.3 is 10.1 Å². The van der Waals surface area contributed by atoms with Crippen LogP contribution >= 0.6 is 0 Å². The van der Waals surface area contributed by atoms with Gasteiger partial charge in [-0.3, -0.25) is 4.98 Å². The number of ether oxygens (including phenoxy) is 1. The van der Waals surface area contributed by atoms with Crippen molar-refractivity contribution in [3.05, 3.63) is 65.5 Å². The van der Waals surface area contributed by atoms with Gasteiger partial charge in [-0.05, 0) is 116 Å². The van der Waals surface area contributed by atoms with Crippen molar-refractivity contribution in [2.75, 3.05) is 0 Å². The number of nitrogens with zero attached hydrogens (tertiary/aromatic N) is 1. The zero-order chi connectivity index (χ0) is 22.5. The summed E-state index contributed by atoms with van der Waals surface area (Å²) < 4.78 is 7.46. The number of pyridine rings is 1. The minimum absolute atomic E-state index is 0.00705. The average Bonchev–Trinajstić information content (AvgIpc) is 3.52. The van der Waals surface area contributed by atoms with E-state index in [-0.39, 0.29) is 16.6 Å². The maximum Gasteiger partial charge on any atom is 0.0974 e. The molecule has 4 aliphatic carbocycles. The Balaban J connectivity index is 1.15. The number of aromatic nitrogens is 1. The Morgan fingerprint density at radius 2 is 1.94 bits per heavy atom. The van der Waals surface area contributed by atoms with Gasteiger partial charge in [-0.2, -0.15) is 0 Å². The second-order valence-corrected chi connectivity index (χ2v) is 12.6. The zero-order valence-electron chi connectivity index (χ0n) is 20.4. The fourth-order valence-electron chi connectivity index (χ4n) is 9.00. The Kier molecular flexibility index (Phi) is 4.06. The summed E-state index contributed by atoms with van der Waals surface area (Å²) in [7, 11) is 0. The highest BCUT2D eigenvalue weighted by Gasteiger charge is 2.66. The van der Waals surface area contributed by atoms with Gasteiger partial charge in [0, 0.05) is 29.9 Å². The largest absolute Gasteiger partial charge is 0.359 e.